The number of carbonyl (C=O) groups is 1. The number of hydrogen-bond acceptors (Lipinski definition) is 2. The van der Waals surface area contributed by atoms with Gasteiger partial charge in [-0.3, -0.25) is 5.32 Å². The van der Waals surface area contributed by atoms with Crippen molar-refractivity contribution in [2.24, 2.45) is 0 Å². The van der Waals surface area contributed by atoms with E-state index in [1.54, 1.807) is 42.7 Å². The first-order chi connectivity index (χ1) is 9.63. The predicted molar refractivity (Wildman–Crippen MR) is 84.6 cm³/mol. The van der Waals surface area contributed by atoms with Gasteiger partial charge in [0.05, 0.1) is 0 Å². The van der Waals surface area contributed by atoms with Crippen LogP contribution in [0, 0.1) is 0 Å². The smallest absolute Gasteiger partial charge is 0.314 e. The Morgan fingerprint density at radius 1 is 1.30 bits per heavy atom. The van der Waals surface area contributed by atoms with E-state index in [0.717, 1.165) is 10.0 Å². The van der Waals surface area contributed by atoms with Gasteiger partial charge < -0.3 is 5.32 Å². The number of anilines is 1. The summed E-state index contributed by atoms with van der Waals surface area (Å²) in [7, 11) is 0. The highest BCUT2D eigenvalue weighted by molar-refractivity contribution is 9.10. The first-order valence-electron chi connectivity index (χ1n) is 5.75. The molecule has 0 spiro atoms. The van der Waals surface area contributed by atoms with E-state index < -0.39 is 0 Å². The van der Waals surface area contributed by atoms with Crippen molar-refractivity contribution in [1.29, 1.82) is 0 Å². The van der Waals surface area contributed by atoms with Crippen LogP contribution in [0.2, 0.25) is 5.02 Å². The fraction of sp³-hybridized carbons (Fsp3) is 0. The second-order valence-corrected chi connectivity index (χ2v) is 5.20. The quantitative estimate of drug-likeness (QED) is 0.866. The maximum Gasteiger partial charge on any atom is 0.324 e. The summed E-state index contributed by atoms with van der Waals surface area (Å²) in [6.07, 6.45) is 4.89. The van der Waals surface area contributed by atoms with Crippen molar-refractivity contribution in [2.75, 3.05) is 5.32 Å². The first-order valence-corrected chi connectivity index (χ1v) is 6.92. The molecule has 2 aromatic rings. The molecule has 6 heteroatoms. The molecule has 2 N–H and O–H groups in total. The Labute approximate surface area is 130 Å². The molecule has 102 valence electrons. The number of rotatable bonds is 3. The van der Waals surface area contributed by atoms with Gasteiger partial charge in [-0.1, -0.05) is 39.7 Å². The van der Waals surface area contributed by atoms with E-state index in [0.29, 0.717) is 10.8 Å². The van der Waals surface area contributed by atoms with Crippen LogP contribution in [0.15, 0.2) is 53.3 Å². The van der Waals surface area contributed by atoms with Gasteiger partial charge in [0.25, 0.3) is 0 Å². The standard InChI is InChI=1S/C14H11BrClN3O/c15-11-5-7-17-13(9-11)19-14(20)18-6-4-10-2-1-3-12(16)8-10/h1-9H,(H2,17,18,19,20)/b6-4+. The average Bonchev–Trinajstić information content (AvgIpc) is 2.38. The molecule has 0 aliphatic heterocycles. The molecule has 20 heavy (non-hydrogen) atoms. The van der Waals surface area contributed by atoms with Gasteiger partial charge in [-0.25, -0.2) is 9.78 Å². The summed E-state index contributed by atoms with van der Waals surface area (Å²) in [5.74, 6) is 0.466. The molecule has 1 aromatic heterocycles. The van der Waals surface area contributed by atoms with Gasteiger partial charge in [0, 0.05) is 21.9 Å². The monoisotopic (exact) mass is 351 g/mol. The number of benzene rings is 1. The third-order valence-electron chi connectivity index (χ3n) is 2.30. The number of nitrogens with one attached hydrogen (secondary N) is 2. The summed E-state index contributed by atoms with van der Waals surface area (Å²) in [6.45, 7) is 0. The van der Waals surface area contributed by atoms with Gasteiger partial charge in [-0.05, 0) is 35.9 Å². The van der Waals surface area contributed by atoms with Crippen molar-refractivity contribution < 1.29 is 4.79 Å². The minimum absolute atomic E-state index is 0.367. The van der Waals surface area contributed by atoms with E-state index >= 15 is 0 Å². The number of aromatic nitrogens is 1. The van der Waals surface area contributed by atoms with Crippen LogP contribution in [0.5, 0.6) is 0 Å². The maximum atomic E-state index is 11.6. The molecule has 1 aromatic carbocycles. The van der Waals surface area contributed by atoms with Gasteiger partial charge in [0.2, 0.25) is 0 Å². The van der Waals surface area contributed by atoms with Crippen LogP contribution in [0.1, 0.15) is 5.56 Å². The number of amides is 2. The predicted octanol–water partition coefficient (Wildman–Crippen LogP) is 4.29. The second-order valence-electron chi connectivity index (χ2n) is 3.85. The number of carbonyl (C=O) groups excluding carboxylic acids is 1. The fourth-order valence-electron chi connectivity index (χ4n) is 1.45. The molecule has 0 fully saturated rings. The van der Waals surface area contributed by atoms with Crippen molar-refractivity contribution in [2.45, 2.75) is 0 Å². The number of pyridine rings is 1. The van der Waals surface area contributed by atoms with Crippen LogP contribution in [-0.2, 0) is 0 Å². The molecular formula is C14H11BrClN3O. The van der Waals surface area contributed by atoms with Crippen molar-refractivity contribution in [1.82, 2.24) is 10.3 Å². The van der Waals surface area contributed by atoms with E-state index in [2.05, 4.69) is 31.5 Å². The van der Waals surface area contributed by atoms with Crippen LogP contribution in [0.3, 0.4) is 0 Å². The van der Waals surface area contributed by atoms with Crippen molar-refractivity contribution >= 4 is 45.5 Å². The van der Waals surface area contributed by atoms with E-state index in [4.69, 9.17) is 11.6 Å². The van der Waals surface area contributed by atoms with Crippen molar-refractivity contribution in [3.05, 3.63) is 63.9 Å². The molecule has 0 radical (unpaired) electrons. The Bertz CT molecular complexity index is 646. The fourth-order valence-corrected chi connectivity index (χ4v) is 1.98. The molecule has 1 heterocycles. The second kappa shape index (κ2) is 7.07. The lowest BCUT2D eigenvalue weighted by Crippen LogP contribution is -2.24. The summed E-state index contributed by atoms with van der Waals surface area (Å²) < 4.78 is 0.845. The first kappa shape index (κ1) is 14.6. The van der Waals surface area contributed by atoms with Gasteiger partial charge in [-0.15, -0.1) is 0 Å². The summed E-state index contributed by atoms with van der Waals surface area (Å²) in [5.41, 5.74) is 0.901. The van der Waals surface area contributed by atoms with E-state index in [9.17, 15) is 4.79 Å². The number of halogens is 2. The Morgan fingerprint density at radius 3 is 2.90 bits per heavy atom. The average molecular weight is 353 g/mol. The highest BCUT2D eigenvalue weighted by atomic mass is 79.9. The van der Waals surface area contributed by atoms with E-state index in [1.165, 1.54) is 0 Å². The van der Waals surface area contributed by atoms with E-state index in [1.807, 2.05) is 12.1 Å². The summed E-state index contributed by atoms with van der Waals surface area (Å²) >= 11 is 9.17. The summed E-state index contributed by atoms with van der Waals surface area (Å²) in [4.78, 5) is 15.6. The molecule has 0 aliphatic rings. The Balaban J connectivity index is 1.89. The zero-order valence-corrected chi connectivity index (χ0v) is 12.6. The third-order valence-corrected chi connectivity index (χ3v) is 3.03. The van der Waals surface area contributed by atoms with Gasteiger partial charge >= 0.3 is 6.03 Å². The van der Waals surface area contributed by atoms with Gasteiger partial charge in [-0.2, -0.15) is 0 Å². The minimum atomic E-state index is -0.367. The minimum Gasteiger partial charge on any atom is -0.314 e. The largest absolute Gasteiger partial charge is 0.324 e. The molecule has 2 rings (SSSR count). The zero-order chi connectivity index (χ0) is 14.4. The number of urea groups is 1. The Hall–Kier alpha value is -1.85. The summed E-state index contributed by atoms with van der Waals surface area (Å²) in [6, 6.07) is 10.4. The topological polar surface area (TPSA) is 54.0 Å². The lowest BCUT2D eigenvalue weighted by Gasteiger charge is -2.03. The van der Waals surface area contributed by atoms with Crippen LogP contribution in [0.4, 0.5) is 10.6 Å². The van der Waals surface area contributed by atoms with Crippen molar-refractivity contribution in [3.8, 4) is 0 Å². The van der Waals surface area contributed by atoms with Gasteiger partial charge in [0.1, 0.15) is 5.82 Å². The lowest BCUT2D eigenvalue weighted by molar-refractivity contribution is 0.255. The normalized spacial score (nSPS) is 10.5. The molecule has 0 saturated heterocycles. The molecule has 0 aliphatic carbocycles. The van der Waals surface area contributed by atoms with Gasteiger partial charge in [0.15, 0.2) is 0 Å². The zero-order valence-electron chi connectivity index (χ0n) is 10.3. The number of hydrogen-bond donors (Lipinski definition) is 2. The summed E-state index contributed by atoms with van der Waals surface area (Å²) in [5, 5.41) is 5.85. The molecule has 0 saturated carbocycles. The Kier molecular flexibility index (Phi) is 5.15. The van der Waals surface area contributed by atoms with Crippen LogP contribution in [-0.4, -0.2) is 11.0 Å². The van der Waals surface area contributed by atoms with Crippen molar-refractivity contribution in [3.63, 3.8) is 0 Å². The van der Waals surface area contributed by atoms with E-state index in [-0.39, 0.29) is 6.03 Å². The highest BCUT2D eigenvalue weighted by Crippen LogP contribution is 2.13. The highest BCUT2D eigenvalue weighted by Gasteiger charge is 2.00. The van der Waals surface area contributed by atoms with Crippen LogP contribution < -0.4 is 10.6 Å². The molecular weight excluding hydrogens is 342 g/mol. The Morgan fingerprint density at radius 2 is 2.15 bits per heavy atom. The number of nitrogens with zero attached hydrogens (tertiary/aromatic N) is 1. The lowest BCUT2D eigenvalue weighted by atomic mass is 10.2. The molecule has 4 nitrogen and oxygen atoms in total. The third kappa shape index (κ3) is 4.68. The molecule has 0 unspecified atom stereocenters. The molecule has 2 amide bonds. The SMILES string of the molecule is O=C(N/C=C/c1cccc(Cl)c1)Nc1cc(Br)ccn1. The maximum absolute atomic E-state index is 11.6. The molecule has 0 bridgehead atoms. The molecule has 0 atom stereocenters. The van der Waals surface area contributed by atoms with Crippen LogP contribution >= 0.6 is 27.5 Å². The van der Waals surface area contributed by atoms with Crippen LogP contribution in [0.25, 0.3) is 6.08 Å².